The first-order valence-electron chi connectivity index (χ1n) is 9.70. The number of hydrogen-bond acceptors (Lipinski definition) is 9. The summed E-state index contributed by atoms with van der Waals surface area (Å²) >= 11 is 1.20. The third-order valence-corrected chi connectivity index (χ3v) is 5.52. The highest BCUT2D eigenvalue weighted by Gasteiger charge is 2.27. The number of piperidine rings is 1. The summed E-state index contributed by atoms with van der Waals surface area (Å²) in [5, 5.41) is 13.3. The van der Waals surface area contributed by atoms with Gasteiger partial charge >= 0.3 is 5.97 Å². The third-order valence-electron chi connectivity index (χ3n) is 4.76. The second kappa shape index (κ2) is 9.04. The summed E-state index contributed by atoms with van der Waals surface area (Å²) in [6.07, 6.45) is 3.24. The summed E-state index contributed by atoms with van der Waals surface area (Å²) in [6.45, 7) is 3.36. The fourth-order valence-corrected chi connectivity index (χ4v) is 3.97. The van der Waals surface area contributed by atoms with Crippen molar-refractivity contribution in [2.45, 2.75) is 19.8 Å². The van der Waals surface area contributed by atoms with Gasteiger partial charge in [0.1, 0.15) is 5.69 Å². The Bertz CT molecular complexity index is 1000. The molecule has 1 N–H and O–H groups in total. The Labute approximate surface area is 177 Å². The normalized spacial score (nSPS) is 16.3. The van der Waals surface area contributed by atoms with Gasteiger partial charge in [0.05, 0.1) is 18.8 Å². The van der Waals surface area contributed by atoms with Crippen molar-refractivity contribution in [2.75, 3.05) is 29.9 Å². The molecule has 1 aliphatic rings. The Morgan fingerprint density at radius 3 is 2.97 bits per heavy atom. The molecule has 1 unspecified atom stereocenters. The van der Waals surface area contributed by atoms with Crippen LogP contribution in [0.3, 0.4) is 0 Å². The van der Waals surface area contributed by atoms with E-state index in [4.69, 9.17) is 9.15 Å². The van der Waals surface area contributed by atoms with Gasteiger partial charge in [-0.3, -0.25) is 4.79 Å². The predicted molar refractivity (Wildman–Crippen MR) is 111 cm³/mol. The number of ether oxygens (including phenoxy) is 1. The molecule has 4 rings (SSSR count). The van der Waals surface area contributed by atoms with Gasteiger partial charge in [0, 0.05) is 18.5 Å². The highest BCUT2D eigenvalue weighted by Crippen LogP contribution is 2.25. The number of nitrogens with zero attached hydrogens (tertiary/aromatic N) is 4. The van der Waals surface area contributed by atoms with Gasteiger partial charge in [0.2, 0.25) is 5.91 Å². The highest BCUT2D eigenvalue weighted by atomic mass is 32.1. The van der Waals surface area contributed by atoms with Crippen LogP contribution in [0.15, 0.2) is 40.3 Å². The van der Waals surface area contributed by atoms with E-state index in [2.05, 4.69) is 25.4 Å². The number of carbonyl (C=O) groups excluding carboxylic acids is 2. The Balaban J connectivity index is 1.37. The Morgan fingerprint density at radius 1 is 1.33 bits per heavy atom. The summed E-state index contributed by atoms with van der Waals surface area (Å²) in [5.41, 5.74) is 0.866. The van der Waals surface area contributed by atoms with Crippen LogP contribution in [0.2, 0.25) is 0 Å². The van der Waals surface area contributed by atoms with Crippen molar-refractivity contribution in [2.24, 2.45) is 5.92 Å². The zero-order chi connectivity index (χ0) is 20.9. The Hall–Kier alpha value is -3.27. The molecule has 1 aliphatic heterocycles. The molecule has 9 nitrogen and oxygen atoms in total. The van der Waals surface area contributed by atoms with Crippen molar-refractivity contribution < 1.29 is 18.7 Å². The van der Waals surface area contributed by atoms with E-state index in [0.717, 1.165) is 25.2 Å². The molecular weight excluding hydrogens is 406 g/mol. The van der Waals surface area contributed by atoms with Crippen molar-refractivity contribution in [1.82, 2.24) is 15.2 Å². The molecule has 1 fully saturated rings. The lowest BCUT2D eigenvalue weighted by Crippen LogP contribution is -2.41. The maximum Gasteiger partial charge on any atom is 0.357 e. The maximum atomic E-state index is 12.7. The van der Waals surface area contributed by atoms with Crippen molar-refractivity contribution in [3.63, 3.8) is 0 Å². The molecular formula is C20H21N5O4S. The van der Waals surface area contributed by atoms with Crippen LogP contribution in [-0.4, -0.2) is 46.8 Å². The number of amides is 1. The lowest BCUT2D eigenvalue weighted by atomic mass is 9.97. The Morgan fingerprint density at radius 2 is 2.23 bits per heavy atom. The quantitative estimate of drug-likeness (QED) is 0.597. The minimum Gasteiger partial charge on any atom is -0.463 e. The number of anilines is 2. The van der Waals surface area contributed by atoms with E-state index in [9.17, 15) is 9.59 Å². The molecule has 0 saturated carbocycles. The number of esters is 1. The van der Waals surface area contributed by atoms with Crippen LogP contribution >= 0.6 is 11.3 Å². The van der Waals surface area contributed by atoms with Gasteiger partial charge in [-0.2, -0.15) is 0 Å². The third kappa shape index (κ3) is 4.48. The van der Waals surface area contributed by atoms with Crippen LogP contribution in [0, 0.1) is 5.92 Å². The first-order valence-corrected chi connectivity index (χ1v) is 10.6. The largest absolute Gasteiger partial charge is 0.463 e. The second-order valence-corrected chi connectivity index (χ2v) is 7.64. The highest BCUT2D eigenvalue weighted by molar-refractivity contribution is 7.14. The molecule has 0 aliphatic carbocycles. The van der Waals surface area contributed by atoms with Crippen molar-refractivity contribution in [3.8, 4) is 11.5 Å². The number of nitrogens with one attached hydrogen (secondary N) is 1. The summed E-state index contributed by atoms with van der Waals surface area (Å²) in [5.74, 6) is 0.566. The molecule has 1 saturated heterocycles. The van der Waals surface area contributed by atoms with Crippen LogP contribution in [0.25, 0.3) is 11.5 Å². The van der Waals surface area contributed by atoms with Crippen LogP contribution in [-0.2, 0) is 9.53 Å². The first-order chi connectivity index (χ1) is 14.6. The van der Waals surface area contributed by atoms with Crippen LogP contribution in [0.5, 0.6) is 0 Å². The molecule has 10 heteroatoms. The zero-order valence-corrected chi connectivity index (χ0v) is 17.2. The van der Waals surface area contributed by atoms with Gasteiger partial charge in [-0.15, -0.1) is 21.5 Å². The number of thiazole rings is 1. The smallest absolute Gasteiger partial charge is 0.357 e. The minimum atomic E-state index is -0.491. The molecule has 1 atom stereocenters. The van der Waals surface area contributed by atoms with Crippen LogP contribution in [0.1, 0.15) is 30.3 Å². The van der Waals surface area contributed by atoms with Gasteiger partial charge in [-0.25, -0.2) is 9.78 Å². The second-order valence-electron chi connectivity index (χ2n) is 6.79. The van der Waals surface area contributed by atoms with E-state index >= 15 is 0 Å². The number of hydrogen-bond donors (Lipinski definition) is 1. The van der Waals surface area contributed by atoms with E-state index in [1.807, 2.05) is 18.2 Å². The lowest BCUT2D eigenvalue weighted by Gasteiger charge is -2.32. The molecule has 30 heavy (non-hydrogen) atoms. The van der Waals surface area contributed by atoms with Gasteiger partial charge in [0.15, 0.2) is 22.4 Å². The van der Waals surface area contributed by atoms with E-state index in [1.165, 1.54) is 11.3 Å². The molecule has 0 bridgehead atoms. The molecule has 0 spiro atoms. The molecule has 4 heterocycles. The number of aromatic nitrogens is 3. The first kappa shape index (κ1) is 20.0. The lowest BCUT2D eigenvalue weighted by molar-refractivity contribution is -0.120. The topological polar surface area (TPSA) is 110 Å². The molecule has 0 radical (unpaired) electrons. The van der Waals surface area contributed by atoms with E-state index < -0.39 is 5.97 Å². The van der Waals surface area contributed by atoms with Crippen LogP contribution in [0.4, 0.5) is 10.9 Å². The average Bonchev–Trinajstić information content (AvgIpc) is 3.47. The summed E-state index contributed by atoms with van der Waals surface area (Å²) in [7, 11) is 0. The van der Waals surface area contributed by atoms with E-state index in [-0.39, 0.29) is 24.1 Å². The van der Waals surface area contributed by atoms with Crippen molar-refractivity contribution in [1.29, 1.82) is 0 Å². The molecule has 156 valence electrons. The molecule has 0 aromatic carbocycles. The van der Waals surface area contributed by atoms with Gasteiger partial charge < -0.3 is 19.4 Å². The van der Waals surface area contributed by atoms with E-state index in [1.54, 1.807) is 24.6 Å². The summed E-state index contributed by atoms with van der Waals surface area (Å²) in [6, 6.07) is 7.38. The number of furan rings is 1. The SMILES string of the molecule is CCOC(=O)c1csc(NC(=O)C2CCCN(c3ccc(-c4ccco4)nn3)C2)n1. The standard InChI is InChI=1S/C20H21N5O4S/c1-2-28-19(27)15-12-30-20(21-15)22-18(26)13-5-3-9-25(11-13)17-8-7-14(23-24-17)16-6-4-10-29-16/h4,6-8,10,12-13H,2-3,5,9,11H2,1H3,(H,21,22,26). The summed E-state index contributed by atoms with van der Waals surface area (Å²) in [4.78, 5) is 30.6. The monoisotopic (exact) mass is 427 g/mol. The summed E-state index contributed by atoms with van der Waals surface area (Å²) < 4.78 is 10.3. The molecule has 1 amide bonds. The van der Waals surface area contributed by atoms with Crippen LogP contribution < -0.4 is 10.2 Å². The predicted octanol–water partition coefficient (Wildman–Crippen LogP) is 3.22. The number of rotatable bonds is 6. The maximum absolute atomic E-state index is 12.7. The van der Waals surface area contributed by atoms with Gasteiger partial charge in [0.25, 0.3) is 0 Å². The van der Waals surface area contributed by atoms with E-state index in [0.29, 0.717) is 23.1 Å². The fraction of sp³-hybridized carbons (Fsp3) is 0.350. The number of carbonyl (C=O) groups is 2. The average molecular weight is 427 g/mol. The molecule has 3 aromatic heterocycles. The minimum absolute atomic E-state index is 0.121. The zero-order valence-electron chi connectivity index (χ0n) is 16.4. The van der Waals surface area contributed by atoms with Gasteiger partial charge in [-0.1, -0.05) is 0 Å². The Kier molecular flexibility index (Phi) is 6.03. The van der Waals surface area contributed by atoms with Crippen molar-refractivity contribution in [3.05, 3.63) is 41.6 Å². The fourth-order valence-electron chi connectivity index (χ4n) is 3.29. The molecule has 3 aromatic rings. The van der Waals surface area contributed by atoms with Gasteiger partial charge in [-0.05, 0) is 44.0 Å². The van der Waals surface area contributed by atoms with Crippen molar-refractivity contribution >= 4 is 34.2 Å².